The molecule has 0 aliphatic carbocycles. The Hall–Kier alpha value is -4.12. The van der Waals surface area contributed by atoms with Crippen LogP contribution in [0.1, 0.15) is 65.9 Å². The molecule has 1 N–H and O–H groups in total. The van der Waals surface area contributed by atoms with Crippen LogP contribution in [0.15, 0.2) is 60.3 Å². The van der Waals surface area contributed by atoms with Crippen molar-refractivity contribution in [1.82, 2.24) is 14.8 Å². The average molecular weight is 567 g/mol. The van der Waals surface area contributed by atoms with Gasteiger partial charge in [-0.3, -0.25) is 9.36 Å². The molecule has 1 amide bonds. The first-order valence-corrected chi connectivity index (χ1v) is 13.5. The highest BCUT2D eigenvalue weighted by Crippen LogP contribution is 2.28. The van der Waals surface area contributed by atoms with Crippen LogP contribution in [0.25, 0.3) is 0 Å². The Labute approximate surface area is 238 Å². The van der Waals surface area contributed by atoms with Crippen LogP contribution in [-0.2, 0) is 26.2 Å². The number of nitrogens with one attached hydrogen (secondary N) is 1. The number of anilines is 1. The second-order valence-corrected chi connectivity index (χ2v) is 10.8. The fourth-order valence-corrected chi connectivity index (χ4v) is 4.55. The molecular formula is C29H34N4O6S. The van der Waals surface area contributed by atoms with Crippen molar-refractivity contribution in [3.8, 4) is 5.75 Å². The largest absolute Gasteiger partial charge is 0.483 e. The van der Waals surface area contributed by atoms with E-state index in [0.29, 0.717) is 23.3 Å². The molecule has 1 atom stereocenters. The van der Waals surface area contributed by atoms with E-state index in [1.807, 2.05) is 35.8 Å². The molecule has 10 nitrogen and oxygen atoms in total. The lowest BCUT2D eigenvalue weighted by Gasteiger charge is -2.20. The monoisotopic (exact) mass is 566 g/mol. The van der Waals surface area contributed by atoms with Gasteiger partial charge in [-0.05, 0) is 48.2 Å². The summed E-state index contributed by atoms with van der Waals surface area (Å²) in [6.45, 7) is 12.6. The molecule has 3 rings (SSSR count). The van der Waals surface area contributed by atoms with E-state index in [1.165, 1.54) is 38.0 Å². The summed E-state index contributed by atoms with van der Waals surface area (Å²) in [5, 5.41) is 11.8. The van der Waals surface area contributed by atoms with Gasteiger partial charge in [-0.15, -0.1) is 16.8 Å². The standard InChI is InChI=1S/C29H34N4O6S/c1-8-15-33-25(18(2)39-21-12-10-20(11-13-21)29(3,4)5)31-32-28(33)40-17-24(34)30-23-16-19(26(35)37-6)9-14-22(23)27(36)38-7/h8-14,16,18H,1,15,17H2,2-7H3,(H,30,34). The van der Waals surface area contributed by atoms with Crippen molar-refractivity contribution in [2.75, 3.05) is 25.3 Å². The number of thioether (sulfide) groups is 1. The van der Waals surface area contributed by atoms with Gasteiger partial charge < -0.3 is 19.5 Å². The Morgan fingerprint density at radius 1 is 1.05 bits per heavy atom. The van der Waals surface area contributed by atoms with Gasteiger partial charge in [0.2, 0.25) is 5.91 Å². The number of hydrogen-bond donors (Lipinski definition) is 1. The highest BCUT2D eigenvalue weighted by Gasteiger charge is 2.22. The van der Waals surface area contributed by atoms with E-state index in [4.69, 9.17) is 14.2 Å². The number of allylic oxidation sites excluding steroid dienone is 1. The molecule has 2 aromatic carbocycles. The van der Waals surface area contributed by atoms with Crippen molar-refractivity contribution in [3.05, 3.63) is 77.6 Å². The van der Waals surface area contributed by atoms with Crippen LogP contribution in [0.2, 0.25) is 0 Å². The van der Waals surface area contributed by atoms with Crippen molar-refractivity contribution < 1.29 is 28.6 Å². The van der Waals surface area contributed by atoms with E-state index in [9.17, 15) is 14.4 Å². The van der Waals surface area contributed by atoms with Gasteiger partial charge in [-0.1, -0.05) is 50.7 Å². The minimum absolute atomic E-state index is 0.0394. The minimum atomic E-state index is -0.656. The highest BCUT2D eigenvalue weighted by atomic mass is 32.2. The van der Waals surface area contributed by atoms with Crippen molar-refractivity contribution >= 4 is 35.3 Å². The quantitative estimate of drug-likeness (QED) is 0.189. The number of esters is 2. The molecule has 0 saturated carbocycles. The molecular weight excluding hydrogens is 532 g/mol. The van der Waals surface area contributed by atoms with Crippen LogP contribution >= 0.6 is 11.8 Å². The van der Waals surface area contributed by atoms with E-state index in [0.717, 1.165) is 11.8 Å². The SMILES string of the molecule is C=CCn1c(SCC(=O)Nc2cc(C(=O)OC)ccc2C(=O)OC)nnc1C(C)Oc1ccc(C(C)(C)C)cc1. The maximum atomic E-state index is 12.8. The van der Waals surface area contributed by atoms with Gasteiger partial charge in [0.25, 0.3) is 0 Å². The van der Waals surface area contributed by atoms with Crippen LogP contribution in [-0.4, -0.2) is 52.6 Å². The first kappa shape index (κ1) is 30.4. The Morgan fingerprint density at radius 2 is 1.73 bits per heavy atom. The molecule has 0 aliphatic heterocycles. The van der Waals surface area contributed by atoms with Crippen LogP contribution in [0.3, 0.4) is 0 Å². The second kappa shape index (κ2) is 13.3. The lowest BCUT2D eigenvalue weighted by molar-refractivity contribution is -0.113. The summed E-state index contributed by atoms with van der Waals surface area (Å²) >= 11 is 1.16. The third kappa shape index (κ3) is 7.50. The summed E-state index contributed by atoms with van der Waals surface area (Å²) in [5.41, 5.74) is 1.66. The number of hydrogen-bond acceptors (Lipinski definition) is 9. The lowest BCUT2D eigenvalue weighted by Crippen LogP contribution is -2.18. The summed E-state index contributed by atoms with van der Waals surface area (Å²) < 4.78 is 17.5. The van der Waals surface area contributed by atoms with Gasteiger partial charge in [0.1, 0.15) is 5.75 Å². The summed E-state index contributed by atoms with van der Waals surface area (Å²) in [6.07, 6.45) is 1.29. The fourth-order valence-electron chi connectivity index (χ4n) is 3.80. The predicted molar refractivity (Wildman–Crippen MR) is 153 cm³/mol. The number of rotatable bonds is 11. The fraction of sp³-hybridized carbons (Fsp3) is 0.345. The van der Waals surface area contributed by atoms with E-state index in [1.54, 1.807) is 6.08 Å². The van der Waals surface area contributed by atoms with E-state index in [2.05, 4.69) is 42.9 Å². The van der Waals surface area contributed by atoms with Gasteiger partial charge >= 0.3 is 11.9 Å². The molecule has 1 heterocycles. The van der Waals surface area contributed by atoms with Crippen LogP contribution in [0.4, 0.5) is 5.69 Å². The molecule has 40 heavy (non-hydrogen) atoms. The van der Waals surface area contributed by atoms with E-state index < -0.39 is 23.9 Å². The van der Waals surface area contributed by atoms with Gasteiger partial charge in [0.05, 0.1) is 36.8 Å². The smallest absolute Gasteiger partial charge is 0.339 e. The summed E-state index contributed by atoms with van der Waals surface area (Å²) in [5.74, 6) is -0.430. The zero-order valence-electron chi connectivity index (χ0n) is 23.5. The van der Waals surface area contributed by atoms with Crippen molar-refractivity contribution in [2.45, 2.75) is 50.9 Å². The number of carbonyl (C=O) groups excluding carboxylic acids is 3. The number of ether oxygens (including phenoxy) is 3. The predicted octanol–water partition coefficient (Wildman–Crippen LogP) is 5.21. The summed E-state index contributed by atoms with van der Waals surface area (Å²) in [4.78, 5) is 37.0. The van der Waals surface area contributed by atoms with E-state index >= 15 is 0 Å². The van der Waals surface area contributed by atoms with Gasteiger partial charge in [0, 0.05) is 6.54 Å². The third-order valence-corrected chi connectivity index (χ3v) is 6.87. The Bertz CT molecular complexity index is 1380. The second-order valence-electron chi connectivity index (χ2n) is 9.85. The number of carbonyl (C=O) groups is 3. The first-order chi connectivity index (χ1) is 19.0. The molecule has 1 unspecified atom stereocenters. The highest BCUT2D eigenvalue weighted by molar-refractivity contribution is 7.99. The minimum Gasteiger partial charge on any atom is -0.483 e. The third-order valence-electron chi connectivity index (χ3n) is 5.91. The molecule has 212 valence electrons. The molecule has 0 spiro atoms. The molecule has 1 aromatic heterocycles. The van der Waals surface area contributed by atoms with Crippen molar-refractivity contribution in [1.29, 1.82) is 0 Å². The molecule has 0 bridgehead atoms. The Kier molecular flexibility index (Phi) is 10.1. The van der Waals surface area contributed by atoms with Crippen molar-refractivity contribution in [3.63, 3.8) is 0 Å². The first-order valence-electron chi connectivity index (χ1n) is 12.5. The van der Waals surface area contributed by atoms with Crippen molar-refractivity contribution in [2.24, 2.45) is 0 Å². The summed E-state index contributed by atoms with van der Waals surface area (Å²) in [7, 11) is 2.47. The van der Waals surface area contributed by atoms with Gasteiger partial charge in [0.15, 0.2) is 17.1 Å². The van der Waals surface area contributed by atoms with Crippen LogP contribution < -0.4 is 10.1 Å². The van der Waals surface area contributed by atoms with Gasteiger partial charge in [-0.2, -0.15) is 0 Å². The Morgan fingerprint density at radius 3 is 2.33 bits per heavy atom. The number of aromatic nitrogens is 3. The maximum absolute atomic E-state index is 12.8. The zero-order valence-corrected chi connectivity index (χ0v) is 24.3. The number of amides is 1. The summed E-state index contributed by atoms with van der Waals surface area (Å²) in [6, 6.07) is 12.1. The van der Waals surface area contributed by atoms with Crippen LogP contribution in [0, 0.1) is 0 Å². The number of nitrogens with zero attached hydrogens (tertiary/aromatic N) is 3. The average Bonchev–Trinajstić information content (AvgIpc) is 3.33. The molecule has 0 aliphatic rings. The zero-order chi connectivity index (χ0) is 29.4. The molecule has 0 radical (unpaired) electrons. The molecule has 3 aromatic rings. The Balaban J connectivity index is 1.73. The lowest BCUT2D eigenvalue weighted by atomic mass is 9.87. The number of benzene rings is 2. The number of methoxy groups -OCH3 is 2. The maximum Gasteiger partial charge on any atom is 0.339 e. The van der Waals surface area contributed by atoms with E-state index in [-0.39, 0.29) is 28.0 Å². The topological polar surface area (TPSA) is 122 Å². The normalized spacial score (nSPS) is 11.8. The van der Waals surface area contributed by atoms with Crippen LogP contribution in [0.5, 0.6) is 5.75 Å². The molecule has 0 fully saturated rings. The molecule has 0 saturated heterocycles. The molecule has 11 heteroatoms. The van der Waals surface area contributed by atoms with Gasteiger partial charge in [-0.25, -0.2) is 9.59 Å².